The number of rotatable bonds is 21. The number of amides is 1. The lowest BCUT2D eigenvalue weighted by atomic mass is 10.0. The number of hydrogen-bond donors (Lipinski definition) is 1. The van der Waals surface area contributed by atoms with Crippen molar-refractivity contribution in [3.8, 4) is 5.75 Å². The molecular weight excluding hydrogens is 386 g/mol. The zero-order valence-corrected chi connectivity index (χ0v) is 20.3. The van der Waals surface area contributed by atoms with Crippen molar-refractivity contribution in [2.75, 3.05) is 26.4 Å². The maximum atomic E-state index is 12.5. The van der Waals surface area contributed by atoms with Crippen LogP contribution < -0.4 is 10.1 Å². The SMILES string of the molecule is CCCCCCCCCCCCCCCCNC(=O)c1ccccc1OCCOCC. The normalized spacial score (nSPS) is 10.9. The molecule has 4 heteroatoms. The van der Waals surface area contributed by atoms with Gasteiger partial charge in [-0.3, -0.25) is 4.79 Å². The first kappa shape index (κ1) is 27.5. The second-order valence-electron chi connectivity index (χ2n) is 8.39. The summed E-state index contributed by atoms with van der Waals surface area (Å²) in [5, 5.41) is 3.03. The summed E-state index contributed by atoms with van der Waals surface area (Å²) in [4.78, 5) is 12.5. The maximum absolute atomic E-state index is 12.5. The first-order valence-electron chi connectivity index (χ1n) is 12.9. The molecule has 0 spiro atoms. The van der Waals surface area contributed by atoms with E-state index in [1.807, 2.05) is 31.2 Å². The van der Waals surface area contributed by atoms with Crippen LogP contribution in [0, 0.1) is 0 Å². The van der Waals surface area contributed by atoms with Crippen molar-refractivity contribution in [2.24, 2.45) is 0 Å². The molecule has 0 aliphatic carbocycles. The molecular formula is C27H47NO3. The van der Waals surface area contributed by atoms with Crippen LogP contribution in [-0.4, -0.2) is 32.3 Å². The Bertz CT molecular complexity index is 547. The molecule has 0 fully saturated rings. The zero-order valence-electron chi connectivity index (χ0n) is 20.3. The van der Waals surface area contributed by atoms with Gasteiger partial charge in [0.2, 0.25) is 0 Å². The van der Waals surface area contributed by atoms with E-state index in [9.17, 15) is 4.79 Å². The molecule has 0 bridgehead atoms. The van der Waals surface area contributed by atoms with E-state index in [1.54, 1.807) is 0 Å². The van der Waals surface area contributed by atoms with Gasteiger partial charge in [0.25, 0.3) is 5.91 Å². The summed E-state index contributed by atoms with van der Waals surface area (Å²) >= 11 is 0. The van der Waals surface area contributed by atoms with Crippen LogP contribution in [0.2, 0.25) is 0 Å². The summed E-state index contributed by atoms with van der Waals surface area (Å²) in [5.74, 6) is 0.572. The molecule has 0 unspecified atom stereocenters. The van der Waals surface area contributed by atoms with Crippen molar-refractivity contribution in [3.05, 3.63) is 29.8 Å². The number of unbranched alkanes of at least 4 members (excludes halogenated alkanes) is 13. The van der Waals surface area contributed by atoms with Crippen LogP contribution in [0.1, 0.15) is 114 Å². The van der Waals surface area contributed by atoms with Crippen molar-refractivity contribution >= 4 is 5.91 Å². The third-order valence-corrected chi connectivity index (χ3v) is 5.64. The highest BCUT2D eigenvalue weighted by atomic mass is 16.5. The van der Waals surface area contributed by atoms with Gasteiger partial charge in [-0.05, 0) is 25.5 Å². The number of carbonyl (C=O) groups excluding carboxylic acids is 1. The van der Waals surface area contributed by atoms with Gasteiger partial charge >= 0.3 is 0 Å². The summed E-state index contributed by atoms with van der Waals surface area (Å²) in [7, 11) is 0. The first-order chi connectivity index (χ1) is 15.3. The second-order valence-corrected chi connectivity index (χ2v) is 8.39. The summed E-state index contributed by atoms with van der Waals surface area (Å²) in [6, 6.07) is 7.42. The molecule has 0 aliphatic heterocycles. The number of carbonyl (C=O) groups is 1. The minimum absolute atomic E-state index is 0.0540. The topological polar surface area (TPSA) is 47.6 Å². The van der Waals surface area contributed by atoms with E-state index >= 15 is 0 Å². The van der Waals surface area contributed by atoms with Crippen LogP contribution in [0.5, 0.6) is 5.75 Å². The van der Waals surface area contributed by atoms with Gasteiger partial charge in [0.05, 0.1) is 12.2 Å². The van der Waals surface area contributed by atoms with E-state index in [2.05, 4.69) is 12.2 Å². The third-order valence-electron chi connectivity index (χ3n) is 5.64. The Labute approximate surface area is 191 Å². The zero-order chi connectivity index (χ0) is 22.4. The van der Waals surface area contributed by atoms with E-state index in [0.717, 1.165) is 13.0 Å². The number of para-hydroxylation sites is 1. The second kappa shape index (κ2) is 20.4. The average Bonchev–Trinajstić information content (AvgIpc) is 2.79. The molecule has 0 aliphatic rings. The third kappa shape index (κ3) is 15.0. The summed E-state index contributed by atoms with van der Waals surface area (Å²) < 4.78 is 11.0. The molecule has 1 aromatic carbocycles. The van der Waals surface area contributed by atoms with Crippen LogP contribution in [0.3, 0.4) is 0 Å². The summed E-state index contributed by atoms with van der Waals surface area (Å²) in [6.07, 6.45) is 18.8. The molecule has 4 nitrogen and oxygen atoms in total. The smallest absolute Gasteiger partial charge is 0.255 e. The predicted molar refractivity (Wildman–Crippen MR) is 131 cm³/mol. The molecule has 0 heterocycles. The van der Waals surface area contributed by atoms with Crippen molar-refractivity contribution in [3.63, 3.8) is 0 Å². The Morgan fingerprint density at radius 1 is 0.742 bits per heavy atom. The van der Waals surface area contributed by atoms with Gasteiger partial charge in [0, 0.05) is 13.2 Å². The lowest BCUT2D eigenvalue weighted by molar-refractivity contribution is 0.0936. The number of hydrogen-bond acceptors (Lipinski definition) is 3. The quantitative estimate of drug-likeness (QED) is 0.207. The standard InChI is InChI=1S/C27H47NO3/c1-3-5-6-7-8-9-10-11-12-13-14-15-16-19-22-28-27(29)25-20-17-18-21-26(25)31-24-23-30-4-2/h17-18,20-21H,3-16,19,22-24H2,1-2H3,(H,28,29). The van der Waals surface area contributed by atoms with Crippen LogP contribution in [0.15, 0.2) is 24.3 Å². The van der Waals surface area contributed by atoms with Crippen LogP contribution in [0.4, 0.5) is 0 Å². The van der Waals surface area contributed by atoms with Crippen LogP contribution in [-0.2, 0) is 4.74 Å². The van der Waals surface area contributed by atoms with E-state index in [1.165, 1.54) is 83.5 Å². The fourth-order valence-electron chi connectivity index (χ4n) is 3.75. The Morgan fingerprint density at radius 3 is 1.87 bits per heavy atom. The maximum Gasteiger partial charge on any atom is 0.255 e. The fourth-order valence-corrected chi connectivity index (χ4v) is 3.75. The van der Waals surface area contributed by atoms with Gasteiger partial charge in [0.15, 0.2) is 0 Å². The lowest BCUT2D eigenvalue weighted by Gasteiger charge is -2.11. The fraction of sp³-hybridized carbons (Fsp3) is 0.741. The highest BCUT2D eigenvalue weighted by Crippen LogP contribution is 2.18. The Morgan fingerprint density at radius 2 is 1.29 bits per heavy atom. The number of nitrogens with one attached hydrogen (secondary N) is 1. The number of benzene rings is 1. The number of ether oxygens (including phenoxy) is 2. The monoisotopic (exact) mass is 433 g/mol. The highest BCUT2D eigenvalue weighted by Gasteiger charge is 2.11. The predicted octanol–water partition coefficient (Wildman–Crippen LogP) is 7.31. The van der Waals surface area contributed by atoms with Crippen molar-refractivity contribution < 1.29 is 14.3 Å². The van der Waals surface area contributed by atoms with Crippen molar-refractivity contribution in [2.45, 2.75) is 104 Å². The van der Waals surface area contributed by atoms with Gasteiger partial charge in [-0.25, -0.2) is 0 Å². The Kier molecular flexibility index (Phi) is 18.0. The van der Waals surface area contributed by atoms with Gasteiger partial charge < -0.3 is 14.8 Å². The van der Waals surface area contributed by atoms with Crippen LogP contribution >= 0.6 is 0 Å². The molecule has 31 heavy (non-hydrogen) atoms. The minimum Gasteiger partial charge on any atom is -0.490 e. The molecule has 1 aromatic rings. The minimum atomic E-state index is -0.0540. The average molecular weight is 434 g/mol. The summed E-state index contributed by atoms with van der Waals surface area (Å²) in [5.41, 5.74) is 0.601. The molecule has 0 aromatic heterocycles. The van der Waals surface area contributed by atoms with E-state index in [-0.39, 0.29) is 5.91 Å². The largest absolute Gasteiger partial charge is 0.490 e. The molecule has 178 valence electrons. The molecule has 1 N–H and O–H groups in total. The van der Waals surface area contributed by atoms with Gasteiger partial charge in [-0.1, -0.05) is 103 Å². The Hall–Kier alpha value is -1.55. The molecule has 0 saturated carbocycles. The van der Waals surface area contributed by atoms with E-state index in [0.29, 0.717) is 31.1 Å². The van der Waals surface area contributed by atoms with Crippen molar-refractivity contribution in [1.82, 2.24) is 5.32 Å². The van der Waals surface area contributed by atoms with Crippen LogP contribution in [0.25, 0.3) is 0 Å². The highest BCUT2D eigenvalue weighted by molar-refractivity contribution is 5.96. The lowest BCUT2D eigenvalue weighted by Crippen LogP contribution is -2.25. The van der Waals surface area contributed by atoms with E-state index < -0.39 is 0 Å². The molecule has 0 saturated heterocycles. The van der Waals surface area contributed by atoms with Crippen molar-refractivity contribution in [1.29, 1.82) is 0 Å². The van der Waals surface area contributed by atoms with E-state index in [4.69, 9.17) is 9.47 Å². The molecule has 1 rings (SSSR count). The Balaban J connectivity index is 1.99. The molecule has 0 radical (unpaired) electrons. The first-order valence-corrected chi connectivity index (χ1v) is 12.9. The van der Waals surface area contributed by atoms with Gasteiger partial charge in [-0.2, -0.15) is 0 Å². The van der Waals surface area contributed by atoms with Gasteiger partial charge in [0.1, 0.15) is 12.4 Å². The molecule has 1 amide bonds. The molecule has 0 atom stereocenters. The van der Waals surface area contributed by atoms with Gasteiger partial charge in [-0.15, -0.1) is 0 Å². The summed E-state index contributed by atoms with van der Waals surface area (Å²) in [6.45, 7) is 6.62.